The Bertz CT molecular complexity index is 3960. The number of fused-ring (bicyclic) bond motifs is 20. The van der Waals surface area contributed by atoms with Gasteiger partial charge >= 0.3 is 0 Å². The first-order valence-corrected chi connectivity index (χ1v) is 30.0. The summed E-state index contributed by atoms with van der Waals surface area (Å²) in [5.41, 5.74) is 42.6. The summed E-state index contributed by atoms with van der Waals surface area (Å²) < 4.78 is 0. The van der Waals surface area contributed by atoms with E-state index in [4.69, 9.17) is 0 Å². The molecule has 10 aromatic carbocycles. The Hall–Kier alpha value is -8.32. The lowest BCUT2D eigenvalue weighted by Crippen LogP contribution is -2.26. The number of rotatable bonds is 4. The summed E-state index contributed by atoms with van der Waals surface area (Å²) in [6.07, 6.45) is 9.02. The molecule has 0 unspecified atom stereocenters. The molecule has 0 radical (unpaired) electrons. The van der Waals surface area contributed by atoms with Gasteiger partial charge < -0.3 is 0 Å². The molecule has 0 nitrogen and oxygen atoms in total. The largest absolute Gasteiger partial charge is 0.0726 e. The van der Waals surface area contributed by atoms with Crippen molar-refractivity contribution in [3.8, 4) is 44.5 Å². The fraction of sp³-hybridized carbons (Fsp3) is 0.220. The van der Waals surface area contributed by atoms with E-state index in [-0.39, 0.29) is 5.41 Å². The zero-order valence-electron chi connectivity index (χ0n) is 51.5. The third-order valence-electron chi connectivity index (χ3n) is 18.5. The van der Waals surface area contributed by atoms with Crippen molar-refractivity contribution in [2.24, 2.45) is 0 Å². The molecule has 0 aliphatic heterocycles. The normalized spacial score (nSPS) is 13.5. The van der Waals surface area contributed by atoms with Crippen molar-refractivity contribution < 1.29 is 0 Å². The Morgan fingerprint density at radius 3 is 0.695 bits per heavy atom. The summed E-state index contributed by atoms with van der Waals surface area (Å²) in [5.74, 6) is 0. The van der Waals surface area contributed by atoms with Gasteiger partial charge in [-0.15, -0.1) is 0 Å². The smallest absolute Gasteiger partial charge is 0.0683 e. The highest BCUT2D eigenvalue weighted by atomic mass is 14.5. The van der Waals surface area contributed by atoms with Crippen molar-refractivity contribution in [2.75, 3.05) is 0 Å². The maximum atomic E-state index is 2.48. The van der Waals surface area contributed by atoms with Gasteiger partial charge in [-0.1, -0.05) is 232 Å². The third-order valence-corrected chi connectivity index (χ3v) is 18.5. The maximum absolute atomic E-state index is 2.48. The first-order chi connectivity index (χ1) is 39.5. The lowest BCUT2D eigenvalue weighted by molar-refractivity contribution is 0.788. The van der Waals surface area contributed by atoms with Gasteiger partial charge in [0.1, 0.15) is 0 Å². The minimum Gasteiger partial charge on any atom is -0.0683 e. The molecule has 2 spiro atoms. The van der Waals surface area contributed by atoms with E-state index in [2.05, 4.69) is 277 Å². The van der Waals surface area contributed by atoms with Crippen LogP contribution < -0.4 is 0 Å². The third kappa shape index (κ3) is 8.80. The molecule has 0 bridgehead atoms. The zero-order valence-corrected chi connectivity index (χ0v) is 51.5. The number of benzene rings is 10. The molecule has 4 aliphatic carbocycles. The Balaban J connectivity index is 0.000000174. The molecule has 0 aromatic heterocycles. The molecule has 0 amide bonds. The van der Waals surface area contributed by atoms with Gasteiger partial charge in [0.25, 0.3) is 0 Å². The SMILES string of the molecule is CC.CC.Cc1ccc(/C=C/c2ccc3c(c2)C2(c4cc(/C=C/c5ccc(C)cc5)ccc4-3)c3cc(C)c(C)cc3-c3cc(C)c(C)cc32)cc1.Cc1ccc2c(c1)C1(c3cc(C)ccc3-2)c2cc(C)c(C)cc2-c2cc(C)c(C)cc21. The van der Waals surface area contributed by atoms with Gasteiger partial charge in [-0.3, -0.25) is 0 Å². The summed E-state index contributed by atoms with van der Waals surface area (Å²) in [6.45, 7) is 34.7. The fourth-order valence-electron chi connectivity index (χ4n) is 13.7. The molecule has 82 heavy (non-hydrogen) atoms. The Kier molecular flexibility index (Phi) is 14.6. The molecule has 0 fully saturated rings. The van der Waals surface area contributed by atoms with Crippen LogP contribution in [0.3, 0.4) is 0 Å². The van der Waals surface area contributed by atoms with Crippen LogP contribution in [0.5, 0.6) is 0 Å². The molecular weight excluding hydrogens is 985 g/mol. The maximum Gasteiger partial charge on any atom is 0.0726 e. The van der Waals surface area contributed by atoms with Crippen molar-refractivity contribution in [1.29, 1.82) is 0 Å². The summed E-state index contributed by atoms with van der Waals surface area (Å²) in [4.78, 5) is 0. The number of hydrogen-bond donors (Lipinski definition) is 0. The predicted molar refractivity (Wildman–Crippen MR) is 356 cm³/mol. The van der Waals surface area contributed by atoms with Crippen molar-refractivity contribution in [1.82, 2.24) is 0 Å². The molecule has 0 heterocycles. The van der Waals surface area contributed by atoms with Crippen LogP contribution in [0.4, 0.5) is 0 Å². The van der Waals surface area contributed by atoms with Gasteiger partial charge in [0.05, 0.1) is 10.8 Å². The first kappa shape index (κ1) is 55.6. The van der Waals surface area contributed by atoms with Crippen LogP contribution >= 0.6 is 0 Å². The molecule has 0 saturated carbocycles. The van der Waals surface area contributed by atoms with Crippen molar-refractivity contribution >= 4 is 24.3 Å². The second-order valence-electron chi connectivity index (χ2n) is 23.6. The lowest BCUT2D eigenvalue weighted by Gasteiger charge is -2.31. The van der Waals surface area contributed by atoms with E-state index in [0.29, 0.717) is 0 Å². The van der Waals surface area contributed by atoms with Crippen LogP contribution in [0.1, 0.15) is 161 Å². The van der Waals surface area contributed by atoms with E-state index in [9.17, 15) is 0 Å². The zero-order chi connectivity index (χ0) is 58.1. The Labute approximate surface area is 491 Å². The van der Waals surface area contributed by atoms with Gasteiger partial charge in [-0.05, 0) is 251 Å². The van der Waals surface area contributed by atoms with Crippen molar-refractivity contribution in [3.05, 3.63) is 303 Å². The second kappa shape index (κ2) is 21.5. The Morgan fingerprint density at radius 1 is 0.195 bits per heavy atom. The van der Waals surface area contributed by atoms with Crippen LogP contribution in [-0.4, -0.2) is 0 Å². The topological polar surface area (TPSA) is 0 Å². The average Bonchev–Trinajstić information content (AvgIpc) is 2.18. The van der Waals surface area contributed by atoms with Crippen LogP contribution in [0, 0.1) is 83.1 Å². The number of hydrogen-bond acceptors (Lipinski definition) is 0. The van der Waals surface area contributed by atoms with Crippen LogP contribution in [0.15, 0.2) is 170 Å². The van der Waals surface area contributed by atoms with Gasteiger partial charge in [0, 0.05) is 0 Å². The fourth-order valence-corrected chi connectivity index (χ4v) is 13.7. The first-order valence-electron chi connectivity index (χ1n) is 30.0. The van der Waals surface area contributed by atoms with Crippen molar-refractivity contribution in [3.63, 3.8) is 0 Å². The van der Waals surface area contributed by atoms with E-state index in [1.54, 1.807) is 0 Å². The molecular formula is C82H80. The minimum atomic E-state index is -0.395. The van der Waals surface area contributed by atoms with Gasteiger partial charge in [-0.25, -0.2) is 0 Å². The van der Waals surface area contributed by atoms with E-state index >= 15 is 0 Å². The quantitative estimate of drug-likeness (QED) is 0.154. The standard InChI is InChI=1S/C47H40.C31H28.2C2H6/c1-29-7-11-35(12-8-29)15-17-37-19-21-39-40-22-20-38(18-16-36-13-9-30(2)10-14-36)28-46(40)47(45(39)27-37)43-25-33(5)31(3)23-41(43)42-24-32(4)34(6)26-44(42)47;1-17-7-9-23-24-10-8-18(2)12-28(24)31(27(23)11-17)29-15-21(5)19(3)13-25(29)26-14-20(4)22(6)16-30(26)31;2*1-2/h7-28H,1-6H3;7-16H,1-6H3;2*1-2H3/b17-15+,18-16+;;;. The monoisotopic (exact) mass is 1060 g/mol. The summed E-state index contributed by atoms with van der Waals surface area (Å²) >= 11 is 0. The van der Waals surface area contributed by atoms with Crippen LogP contribution in [0.2, 0.25) is 0 Å². The molecule has 408 valence electrons. The molecule has 0 atom stereocenters. The number of aryl methyl sites for hydroxylation is 12. The van der Waals surface area contributed by atoms with Gasteiger partial charge in [-0.2, -0.15) is 0 Å². The van der Waals surface area contributed by atoms with Crippen LogP contribution in [0.25, 0.3) is 68.8 Å². The highest BCUT2D eigenvalue weighted by molar-refractivity contribution is 5.98. The second-order valence-corrected chi connectivity index (χ2v) is 23.6. The van der Waals surface area contributed by atoms with E-state index in [1.165, 1.54) is 178 Å². The molecule has 0 saturated heterocycles. The summed E-state index contributed by atoms with van der Waals surface area (Å²) in [5, 5.41) is 0. The molecule has 4 aliphatic rings. The molecule has 0 heteroatoms. The van der Waals surface area contributed by atoms with E-state index in [1.807, 2.05) is 27.7 Å². The van der Waals surface area contributed by atoms with E-state index < -0.39 is 5.41 Å². The highest BCUT2D eigenvalue weighted by Gasteiger charge is 2.54. The molecule has 10 aromatic rings. The predicted octanol–water partition coefficient (Wildman–Crippen LogP) is 22.2. The highest BCUT2D eigenvalue weighted by Crippen LogP contribution is 2.65. The summed E-state index contributed by atoms with van der Waals surface area (Å²) in [7, 11) is 0. The van der Waals surface area contributed by atoms with Gasteiger partial charge in [0.15, 0.2) is 0 Å². The average molecular weight is 1070 g/mol. The molecule has 14 rings (SSSR count). The minimum absolute atomic E-state index is 0.232. The van der Waals surface area contributed by atoms with Crippen molar-refractivity contribution in [2.45, 2.75) is 122 Å². The lowest BCUT2D eigenvalue weighted by atomic mass is 9.69. The molecule has 0 N–H and O–H groups in total. The van der Waals surface area contributed by atoms with Gasteiger partial charge in [0.2, 0.25) is 0 Å². The van der Waals surface area contributed by atoms with Crippen LogP contribution in [-0.2, 0) is 10.8 Å². The summed E-state index contributed by atoms with van der Waals surface area (Å²) in [6, 6.07) is 65.5. The van der Waals surface area contributed by atoms with E-state index in [0.717, 1.165) is 0 Å². The Morgan fingerprint density at radius 2 is 0.402 bits per heavy atom.